The minimum atomic E-state index is -0.644. The maximum Gasteiger partial charge on any atom is 0.312 e. The summed E-state index contributed by atoms with van der Waals surface area (Å²) in [5.41, 5.74) is 0.206. The quantitative estimate of drug-likeness (QED) is 0.772. The van der Waals surface area contributed by atoms with E-state index >= 15 is 0 Å². The van der Waals surface area contributed by atoms with Crippen molar-refractivity contribution in [2.24, 2.45) is 5.41 Å². The summed E-state index contributed by atoms with van der Waals surface area (Å²) in [7, 11) is 0. The summed E-state index contributed by atoms with van der Waals surface area (Å²) in [4.78, 5) is 16.5. The number of carbonyl (C=O) groups excluding carboxylic acids is 1. The topological polar surface area (TPSA) is 48.4 Å². The van der Waals surface area contributed by atoms with Gasteiger partial charge in [-0.05, 0) is 39.8 Å². The smallest absolute Gasteiger partial charge is 0.312 e. The molecule has 0 unspecified atom stereocenters. The van der Waals surface area contributed by atoms with Crippen molar-refractivity contribution in [1.29, 1.82) is 0 Å². The molecule has 0 N–H and O–H groups in total. The van der Waals surface area contributed by atoms with Crippen LogP contribution in [-0.4, -0.2) is 23.7 Å². The number of nitrogens with zero attached hydrogens (tertiary/aromatic N) is 1. The van der Waals surface area contributed by atoms with E-state index in [2.05, 4.69) is 4.98 Å². The fourth-order valence-corrected chi connectivity index (χ4v) is 2.60. The van der Waals surface area contributed by atoms with Gasteiger partial charge in [0.25, 0.3) is 0 Å². The Morgan fingerprint density at radius 1 is 1.56 bits per heavy atom. The maximum atomic E-state index is 12.1. The van der Waals surface area contributed by atoms with E-state index in [9.17, 15) is 4.79 Å². The Morgan fingerprint density at radius 3 is 2.94 bits per heavy atom. The van der Waals surface area contributed by atoms with Gasteiger partial charge in [0.05, 0.1) is 23.6 Å². The molecule has 1 aliphatic rings. The van der Waals surface area contributed by atoms with Gasteiger partial charge in [0.15, 0.2) is 0 Å². The van der Waals surface area contributed by atoms with Crippen molar-refractivity contribution in [2.45, 2.75) is 39.7 Å². The van der Waals surface area contributed by atoms with Crippen LogP contribution in [0.5, 0.6) is 5.75 Å². The summed E-state index contributed by atoms with van der Waals surface area (Å²) in [6.45, 7) is 7.94. The first kappa shape index (κ1) is 12.9. The summed E-state index contributed by atoms with van der Waals surface area (Å²) in [6, 6.07) is 3.73. The Labute approximate surface area is 107 Å². The van der Waals surface area contributed by atoms with Gasteiger partial charge >= 0.3 is 5.97 Å². The largest absolute Gasteiger partial charge is 0.488 e. The zero-order valence-corrected chi connectivity index (χ0v) is 11.3. The molecule has 2 rings (SSSR count). The van der Waals surface area contributed by atoms with Gasteiger partial charge in [0.2, 0.25) is 0 Å². The highest BCUT2D eigenvalue weighted by molar-refractivity contribution is 5.77. The molecule has 0 saturated carbocycles. The second-order valence-electron chi connectivity index (χ2n) is 5.13. The van der Waals surface area contributed by atoms with Crippen LogP contribution in [0, 0.1) is 5.41 Å². The Morgan fingerprint density at radius 2 is 2.28 bits per heavy atom. The molecule has 0 bridgehead atoms. The van der Waals surface area contributed by atoms with E-state index in [1.807, 2.05) is 39.8 Å². The molecule has 0 amide bonds. The molecule has 0 saturated heterocycles. The minimum absolute atomic E-state index is 0.0747. The standard InChI is InChI=1S/C14H19NO3/c1-5-17-13(16)14(3,4)11-9(2)18-10-7-6-8-15-12(10)11/h6-9,11H,5H2,1-4H3/t9-,11-/m1/s1. The number of esters is 1. The van der Waals surface area contributed by atoms with Gasteiger partial charge in [0.1, 0.15) is 11.9 Å². The molecule has 18 heavy (non-hydrogen) atoms. The van der Waals surface area contributed by atoms with Crippen molar-refractivity contribution < 1.29 is 14.3 Å². The third kappa shape index (κ3) is 1.96. The van der Waals surface area contributed by atoms with E-state index in [-0.39, 0.29) is 18.0 Å². The molecule has 1 aliphatic heterocycles. The Bertz CT molecular complexity index is 456. The number of ether oxygens (including phenoxy) is 2. The lowest BCUT2D eigenvalue weighted by atomic mass is 9.75. The van der Waals surface area contributed by atoms with Gasteiger partial charge in [-0.25, -0.2) is 0 Å². The summed E-state index contributed by atoms with van der Waals surface area (Å²) < 4.78 is 10.9. The van der Waals surface area contributed by atoms with Crippen molar-refractivity contribution in [3.63, 3.8) is 0 Å². The minimum Gasteiger partial charge on any atom is -0.488 e. The number of fused-ring (bicyclic) bond motifs is 1. The summed E-state index contributed by atoms with van der Waals surface area (Å²) in [5, 5.41) is 0. The van der Waals surface area contributed by atoms with Gasteiger partial charge in [-0.15, -0.1) is 0 Å². The van der Waals surface area contributed by atoms with Gasteiger partial charge in [-0.1, -0.05) is 0 Å². The van der Waals surface area contributed by atoms with Crippen LogP contribution in [0.2, 0.25) is 0 Å². The van der Waals surface area contributed by atoms with E-state index in [0.29, 0.717) is 6.61 Å². The molecule has 0 radical (unpaired) electrons. The average molecular weight is 249 g/mol. The molecular formula is C14H19NO3. The predicted molar refractivity (Wildman–Crippen MR) is 67.5 cm³/mol. The lowest BCUT2D eigenvalue weighted by molar-refractivity contribution is -0.155. The van der Waals surface area contributed by atoms with Crippen molar-refractivity contribution in [3.8, 4) is 5.75 Å². The van der Waals surface area contributed by atoms with E-state index in [0.717, 1.165) is 11.4 Å². The number of rotatable bonds is 3. The number of pyridine rings is 1. The Hall–Kier alpha value is -1.58. The van der Waals surface area contributed by atoms with Gasteiger partial charge in [-0.2, -0.15) is 0 Å². The van der Waals surface area contributed by atoms with E-state index < -0.39 is 5.41 Å². The van der Waals surface area contributed by atoms with Crippen LogP contribution in [0.4, 0.5) is 0 Å². The molecule has 0 aliphatic carbocycles. The molecule has 4 nitrogen and oxygen atoms in total. The van der Waals surface area contributed by atoms with E-state index in [4.69, 9.17) is 9.47 Å². The van der Waals surface area contributed by atoms with Crippen LogP contribution in [0.3, 0.4) is 0 Å². The maximum absolute atomic E-state index is 12.1. The molecule has 2 atom stereocenters. The van der Waals surface area contributed by atoms with Gasteiger partial charge < -0.3 is 9.47 Å². The molecule has 0 fully saturated rings. The average Bonchev–Trinajstić information content (AvgIpc) is 2.65. The second kappa shape index (κ2) is 4.59. The highest BCUT2D eigenvalue weighted by Crippen LogP contribution is 2.47. The van der Waals surface area contributed by atoms with Crippen LogP contribution in [0.15, 0.2) is 18.3 Å². The summed E-state index contributed by atoms with van der Waals surface area (Å²) in [5.74, 6) is 0.490. The molecule has 0 aromatic carbocycles. The van der Waals surface area contributed by atoms with Gasteiger partial charge in [0, 0.05) is 6.20 Å². The Kier molecular flexibility index (Phi) is 3.28. The normalized spacial score (nSPS) is 22.2. The van der Waals surface area contributed by atoms with Crippen molar-refractivity contribution in [2.75, 3.05) is 6.61 Å². The third-order valence-electron chi connectivity index (χ3n) is 3.46. The van der Waals surface area contributed by atoms with Crippen LogP contribution in [-0.2, 0) is 9.53 Å². The fraction of sp³-hybridized carbons (Fsp3) is 0.571. The monoisotopic (exact) mass is 249 g/mol. The lowest BCUT2D eigenvalue weighted by Gasteiger charge is -2.30. The van der Waals surface area contributed by atoms with E-state index in [1.165, 1.54) is 0 Å². The SMILES string of the molecule is CCOC(=O)C(C)(C)[C@H]1c2ncccc2O[C@@H]1C. The number of carbonyl (C=O) groups is 1. The molecule has 4 heteroatoms. The second-order valence-corrected chi connectivity index (χ2v) is 5.13. The first-order chi connectivity index (χ1) is 8.48. The Balaban J connectivity index is 2.36. The molecule has 98 valence electrons. The first-order valence-corrected chi connectivity index (χ1v) is 6.27. The van der Waals surface area contributed by atoms with Crippen molar-refractivity contribution in [3.05, 3.63) is 24.0 Å². The number of hydrogen-bond donors (Lipinski definition) is 0. The van der Waals surface area contributed by atoms with Crippen LogP contribution >= 0.6 is 0 Å². The fourth-order valence-electron chi connectivity index (χ4n) is 2.60. The summed E-state index contributed by atoms with van der Waals surface area (Å²) >= 11 is 0. The molecular weight excluding hydrogens is 230 g/mol. The lowest BCUT2D eigenvalue weighted by Crippen LogP contribution is -2.37. The van der Waals surface area contributed by atoms with Crippen LogP contribution in [0.25, 0.3) is 0 Å². The highest BCUT2D eigenvalue weighted by atomic mass is 16.5. The van der Waals surface area contributed by atoms with E-state index in [1.54, 1.807) is 6.20 Å². The molecule has 1 aromatic heterocycles. The highest BCUT2D eigenvalue weighted by Gasteiger charge is 2.48. The first-order valence-electron chi connectivity index (χ1n) is 6.27. The van der Waals surface area contributed by atoms with Crippen LogP contribution in [0.1, 0.15) is 39.3 Å². The van der Waals surface area contributed by atoms with Crippen molar-refractivity contribution in [1.82, 2.24) is 4.98 Å². The number of aromatic nitrogens is 1. The zero-order valence-electron chi connectivity index (χ0n) is 11.3. The summed E-state index contributed by atoms with van der Waals surface area (Å²) in [6.07, 6.45) is 1.66. The van der Waals surface area contributed by atoms with Gasteiger partial charge in [-0.3, -0.25) is 9.78 Å². The molecule has 0 spiro atoms. The zero-order chi connectivity index (χ0) is 13.3. The molecule has 2 heterocycles. The number of hydrogen-bond acceptors (Lipinski definition) is 4. The third-order valence-corrected chi connectivity index (χ3v) is 3.46. The predicted octanol–water partition coefficient (Wildman–Crippen LogP) is 2.54. The molecule has 1 aromatic rings. The van der Waals surface area contributed by atoms with Crippen molar-refractivity contribution >= 4 is 5.97 Å². The van der Waals surface area contributed by atoms with Crippen LogP contribution < -0.4 is 4.74 Å².